The van der Waals surface area contributed by atoms with Gasteiger partial charge in [0, 0.05) is 17.8 Å². The zero-order chi connectivity index (χ0) is 23.7. The number of carbonyl (C=O) groups is 2. The van der Waals surface area contributed by atoms with Gasteiger partial charge in [-0.05, 0) is 45.0 Å². The van der Waals surface area contributed by atoms with Gasteiger partial charge in [0.25, 0.3) is 5.91 Å². The Bertz CT molecular complexity index is 982. The highest BCUT2D eigenvalue weighted by Gasteiger charge is 2.30. The van der Waals surface area contributed by atoms with Crippen LogP contribution in [-0.4, -0.2) is 45.2 Å². The second kappa shape index (κ2) is 11.9. The summed E-state index contributed by atoms with van der Waals surface area (Å²) in [6.45, 7) is 5.69. The number of ether oxygens (including phenoxy) is 4. The van der Waals surface area contributed by atoms with E-state index in [0.717, 1.165) is 4.42 Å². The highest BCUT2D eigenvalue weighted by molar-refractivity contribution is 6.39. The van der Waals surface area contributed by atoms with Crippen molar-refractivity contribution in [2.75, 3.05) is 31.9 Å². The van der Waals surface area contributed by atoms with Crippen molar-refractivity contribution in [3.05, 3.63) is 36.4 Å². The first-order chi connectivity index (χ1) is 15.4. The molecular formula is C22H26ClN3O6. The molecule has 0 saturated carbocycles. The van der Waals surface area contributed by atoms with Gasteiger partial charge in [0.2, 0.25) is 6.04 Å². The minimum atomic E-state index is -1.47. The summed E-state index contributed by atoms with van der Waals surface area (Å²) < 4.78 is 22.4. The number of Topliss-reactive ketones (excluding diaryl/α,β-unsaturated/α-hetero) is 1. The number of nitrogens with zero attached hydrogens (tertiary/aromatic N) is 3. The molecule has 0 heterocycles. The Morgan fingerprint density at radius 1 is 1.03 bits per heavy atom. The molecule has 0 bridgehead atoms. The Morgan fingerprint density at radius 3 is 2.34 bits per heavy atom. The predicted molar refractivity (Wildman–Crippen MR) is 121 cm³/mol. The number of hydrogen-bond acceptors (Lipinski definition) is 8. The molecule has 0 aliphatic heterocycles. The lowest BCUT2D eigenvalue weighted by atomic mass is 10.2. The molecule has 2 aromatic carbocycles. The van der Waals surface area contributed by atoms with Crippen LogP contribution in [0.15, 0.2) is 46.6 Å². The third-order valence-corrected chi connectivity index (χ3v) is 4.58. The molecule has 172 valence electrons. The van der Waals surface area contributed by atoms with Crippen molar-refractivity contribution >= 4 is 34.8 Å². The van der Waals surface area contributed by atoms with E-state index in [1.165, 1.54) is 21.1 Å². The van der Waals surface area contributed by atoms with Crippen LogP contribution in [0.1, 0.15) is 20.8 Å². The largest absolute Gasteiger partial charge is 0.494 e. The van der Waals surface area contributed by atoms with E-state index in [2.05, 4.69) is 10.2 Å². The fraction of sp³-hybridized carbons (Fsp3) is 0.364. The minimum absolute atomic E-state index is 0.252. The molecule has 9 nitrogen and oxygen atoms in total. The van der Waals surface area contributed by atoms with Crippen molar-refractivity contribution in [1.82, 2.24) is 0 Å². The van der Waals surface area contributed by atoms with Gasteiger partial charge < -0.3 is 18.9 Å². The van der Waals surface area contributed by atoms with Crippen molar-refractivity contribution in [3.63, 3.8) is 0 Å². The zero-order valence-electron chi connectivity index (χ0n) is 18.6. The Balaban J connectivity index is 2.36. The summed E-state index contributed by atoms with van der Waals surface area (Å²) >= 11 is 6.32. The molecular weight excluding hydrogens is 438 g/mol. The molecule has 0 fully saturated rings. The molecule has 0 aromatic heterocycles. The van der Waals surface area contributed by atoms with Crippen LogP contribution in [-0.2, 0) is 9.59 Å². The average Bonchev–Trinajstić information content (AvgIpc) is 2.78. The van der Waals surface area contributed by atoms with Crippen molar-refractivity contribution in [2.45, 2.75) is 26.8 Å². The number of halogens is 1. The normalized spacial score (nSPS) is 11.7. The summed E-state index contributed by atoms with van der Waals surface area (Å²) in [6.07, 6.45) is 0. The van der Waals surface area contributed by atoms with Gasteiger partial charge in [-0.1, -0.05) is 6.07 Å². The molecule has 0 saturated heterocycles. The summed E-state index contributed by atoms with van der Waals surface area (Å²) in [4.78, 5) is 25.2. The SMILES string of the molecule is CCOc1ccc(N(Cl)C(=O)C(N=Nc2cccc(OC)c2OC)C(C)=O)c(OCC)c1. The van der Waals surface area contributed by atoms with Gasteiger partial charge in [-0.3, -0.25) is 9.59 Å². The van der Waals surface area contributed by atoms with Crippen LogP contribution in [0, 0.1) is 0 Å². The number of anilines is 1. The number of para-hydroxylation sites is 1. The Kier molecular flexibility index (Phi) is 9.27. The van der Waals surface area contributed by atoms with Gasteiger partial charge >= 0.3 is 0 Å². The fourth-order valence-electron chi connectivity index (χ4n) is 2.78. The van der Waals surface area contributed by atoms with E-state index in [9.17, 15) is 9.59 Å². The molecule has 0 radical (unpaired) electrons. The Labute approximate surface area is 192 Å². The number of hydrogen-bond donors (Lipinski definition) is 0. The monoisotopic (exact) mass is 463 g/mol. The lowest BCUT2D eigenvalue weighted by molar-refractivity contribution is -0.126. The summed E-state index contributed by atoms with van der Waals surface area (Å²) in [5.41, 5.74) is 0.547. The number of rotatable bonds is 11. The van der Waals surface area contributed by atoms with Crippen LogP contribution in [0.4, 0.5) is 11.4 Å². The van der Waals surface area contributed by atoms with Crippen molar-refractivity contribution in [3.8, 4) is 23.0 Å². The second-order valence-corrected chi connectivity index (χ2v) is 6.69. The molecule has 0 aliphatic carbocycles. The summed E-state index contributed by atoms with van der Waals surface area (Å²) in [7, 11) is 2.94. The lowest BCUT2D eigenvalue weighted by Crippen LogP contribution is -2.36. The quantitative estimate of drug-likeness (QED) is 0.271. The van der Waals surface area contributed by atoms with Gasteiger partial charge in [-0.15, -0.1) is 0 Å². The van der Waals surface area contributed by atoms with E-state index in [0.29, 0.717) is 41.9 Å². The van der Waals surface area contributed by atoms with Crippen LogP contribution in [0.5, 0.6) is 23.0 Å². The van der Waals surface area contributed by atoms with Crippen LogP contribution in [0.25, 0.3) is 0 Å². The molecule has 1 unspecified atom stereocenters. The molecule has 0 N–H and O–H groups in total. The first kappa shape index (κ1) is 24.9. The van der Waals surface area contributed by atoms with E-state index in [1.54, 1.807) is 43.3 Å². The van der Waals surface area contributed by atoms with Gasteiger partial charge in [0.05, 0.1) is 27.4 Å². The predicted octanol–water partition coefficient (Wildman–Crippen LogP) is 4.73. The number of benzene rings is 2. The number of amides is 1. The smallest absolute Gasteiger partial charge is 0.276 e. The maximum atomic E-state index is 13.0. The molecule has 10 heteroatoms. The van der Waals surface area contributed by atoms with E-state index in [4.69, 9.17) is 30.7 Å². The highest BCUT2D eigenvalue weighted by Crippen LogP contribution is 2.37. The zero-order valence-corrected chi connectivity index (χ0v) is 19.4. The second-order valence-electron chi connectivity index (χ2n) is 6.36. The fourth-order valence-corrected chi connectivity index (χ4v) is 3.02. The number of methoxy groups -OCH3 is 2. The summed E-state index contributed by atoms with van der Waals surface area (Å²) in [5, 5.41) is 7.99. The van der Waals surface area contributed by atoms with Crippen LogP contribution in [0.3, 0.4) is 0 Å². The molecule has 2 aromatic rings. The van der Waals surface area contributed by atoms with Crippen LogP contribution < -0.4 is 23.4 Å². The van der Waals surface area contributed by atoms with Crippen LogP contribution in [0.2, 0.25) is 0 Å². The Hall–Kier alpha value is -3.33. The number of azo groups is 1. The summed E-state index contributed by atoms with van der Waals surface area (Å²) in [6, 6.07) is 8.36. The minimum Gasteiger partial charge on any atom is -0.494 e. The molecule has 1 atom stereocenters. The maximum Gasteiger partial charge on any atom is 0.276 e. The standard InChI is InChI=1S/C22H26ClN3O6/c1-6-31-15-11-12-17(19(13-15)32-7-2)26(23)22(28)20(14(3)27)25-24-16-9-8-10-18(29-4)21(16)30-5/h8-13,20H,6-7H2,1-5H3. The Morgan fingerprint density at radius 2 is 1.75 bits per heavy atom. The lowest BCUT2D eigenvalue weighted by Gasteiger charge is -2.20. The van der Waals surface area contributed by atoms with Crippen molar-refractivity contribution in [1.29, 1.82) is 0 Å². The third-order valence-electron chi connectivity index (χ3n) is 4.23. The number of ketones is 1. The molecule has 0 spiro atoms. The molecule has 1 amide bonds. The van der Waals surface area contributed by atoms with E-state index in [1.807, 2.05) is 6.92 Å². The third kappa shape index (κ3) is 5.88. The first-order valence-electron chi connectivity index (χ1n) is 9.89. The average molecular weight is 464 g/mol. The van der Waals surface area contributed by atoms with Crippen molar-refractivity contribution in [2.24, 2.45) is 10.2 Å². The van der Waals surface area contributed by atoms with E-state index in [-0.39, 0.29) is 5.69 Å². The molecule has 2 rings (SSSR count). The maximum absolute atomic E-state index is 13.0. The first-order valence-corrected chi connectivity index (χ1v) is 10.2. The van der Waals surface area contributed by atoms with Gasteiger partial charge in [-0.2, -0.15) is 10.2 Å². The topological polar surface area (TPSA) is 99.0 Å². The summed E-state index contributed by atoms with van der Waals surface area (Å²) in [5.74, 6) is 0.330. The van der Waals surface area contributed by atoms with Crippen LogP contribution >= 0.6 is 11.8 Å². The van der Waals surface area contributed by atoms with Gasteiger partial charge in [0.1, 0.15) is 22.9 Å². The van der Waals surface area contributed by atoms with Gasteiger partial charge in [-0.25, -0.2) is 4.42 Å². The van der Waals surface area contributed by atoms with Crippen molar-refractivity contribution < 1.29 is 28.5 Å². The van der Waals surface area contributed by atoms with E-state index < -0.39 is 17.7 Å². The molecule has 32 heavy (non-hydrogen) atoms. The highest BCUT2D eigenvalue weighted by atomic mass is 35.5. The molecule has 0 aliphatic rings. The van der Waals surface area contributed by atoms with E-state index >= 15 is 0 Å². The number of carbonyl (C=O) groups excluding carboxylic acids is 2. The van der Waals surface area contributed by atoms with Gasteiger partial charge in [0.15, 0.2) is 17.3 Å².